The second-order valence-corrected chi connectivity index (χ2v) is 10.3. The first kappa shape index (κ1) is 23.7. The molecule has 37 heavy (non-hydrogen) atoms. The lowest BCUT2D eigenvalue weighted by Gasteiger charge is -2.40. The molecule has 1 amide bonds. The summed E-state index contributed by atoms with van der Waals surface area (Å²) in [7, 11) is 0. The maximum absolute atomic E-state index is 13.6. The Bertz CT molecular complexity index is 1260. The lowest BCUT2D eigenvalue weighted by Crippen LogP contribution is -2.50. The first-order valence-corrected chi connectivity index (χ1v) is 13.6. The van der Waals surface area contributed by atoms with Crippen molar-refractivity contribution in [2.24, 2.45) is 0 Å². The Morgan fingerprint density at radius 3 is 1.59 bits per heavy atom. The number of carbonyl (C=O) groups excluding carboxylic acids is 1. The van der Waals surface area contributed by atoms with E-state index in [-0.39, 0.29) is 17.9 Å². The van der Waals surface area contributed by atoms with Crippen LogP contribution in [0.25, 0.3) is 0 Å². The average molecular weight is 487 g/mol. The molecule has 0 aromatic heterocycles. The van der Waals surface area contributed by atoms with Gasteiger partial charge < -0.3 is 4.90 Å². The van der Waals surface area contributed by atoms with Crippen molar-refractivity contribution in [2.75, 3.05) is 26.2 Å². The third-order valence-electron chi connectivity index (χ3n) is 8.18. The van der Waals surface area contributed by atoms with Gasteiger partial charge in [-0.2, -0.15) is 0 Å². The number of aryl methyl sites for hydroxylation is 2. The van der Waals surface area contributed by atoms with Gasteiger partial charge in [-0.05, 0) is 46.2 Å². The second kappa shape index (κ2) is 10.7. The maximum Gasteiger partial charge on any atom is 0.223 e. The van der Waals surface area contributed by atoms with Crippen LogP contribution in [0, 0.1) is 0 Å². The third kappa shape index (κ3) is 4.97. The van der Waals surface area contributed by atoms with E-state index in [1.807, 2.05) is 12.1 Å². The number of rotatable bonds is 5. The molecule has 0 radical (unpaired) electrons. The lowest BCUT2D eigenvalue weighted by atomic mass is 9.88. The van der Waals surface area contributed by atoms with Crippen molar-refractivity contribution in [1.82, 2.24) is 9.80 Å². The summed E-state index contributed by atoms with van der Waals surface area (Å²) < 4.78 is 0. The number of amides is 1. The number of nitrogens with zero attached hydrogens (tertiary/aromatic N) is 2. The van der Waals surface area contributed by atoms with Crippen molar-refractivity contribution in [3.63, 3.8) is 0 Å². The zero-order chi connectivity index (χ0) is 25.0. The summed E-state index contributed by atoms with van der Waals surface area (Å²) in [6.07, 6.45) is 2.67. The minimum atomic E-state index is 0.0774. The van der Waals surface area contributed by atoms with Crippen LogP contribution in [0.3, 0.4) is 0 Å². The molecule has 0 spiro atoms. The predicted octanol–water partition coefficient (Wildman–Crippen LogP) is 6.24. The Kier molecular flexibility index (Phi) is 6.88. The molecular formula is C34H34N2O. The Labute approximate surface area is 220 Å². The Balaban J connectivity index is 1.20. The summed E-state index contributed by atoms with van der Waals surface area (Å²) in [6, 6.07) is 39.1. The second-order valence-electron chi connectivity index (χ2n) is 10.3. The van der Waals surface area contributed by atoms with Gasteiger partial charge >= 0.3 is 0 Å². The van der Waals surface area contributed by atoms with Gasteiger partial charge in [-0.15, -0.1) is 0 Å². The molecule has 0 atom stereocenters. The van der Waals surface area contributed by atoms with Crippen molar-refractivity contribution < 1.29 is 4.79 Å². The predicted molar refractivity (Wildman–Crippen MR) is 150 cm³/mol. The van der Waals surface area contributed by atoms with E-state index in [4.69, 9.17) is 0 Å². The van der Waals surface area contributed by atoms with Gasteiger partial charge in [0.1, 0.15) is 0 Å². The lowest BCUT2D eigenvalue weighted by molar-refractivity contribution is -0.133. The summed E-state index contributed by atoms with van der Waals surface area (Å²) in [5.74, 6) is 0.326. The summed E-state index contributed by atoms with van der Waals surface area (Å²) in [5, 5.41) is 0. The molecule has 0 N–H and O–H groups in total. The molecule has 186 valence electrons. The van der Waals surface area contributed by atoms with Crippen molar-refractivity contribution >= 4 is 5.91 Å². The molecule has 1 aliphatic carbocycles. The fourth-order valence-electron chi connectivity index (χ4n) is 6.22. The normalized spacial score (nSPS) is 16.2. The molecule has 1 fully saturated rings. The maximum atomic E-state index is 13.6. The molecule has 1 heterocycles. The minimum Gasteiger partial charge on any atom is -0.340 e. The highest BCUT2D eigenvalue weighted by molar-refractivity contribution is 5.78. The SMILES string of the molecule is O=C(CC(c1ccccc1)c1ccccc1)N1CCN(C2c3ccccc3CCc3ccccc32)CC1. The van der Waals surface area contributed by atoms with Crippen LogP contribution in [0.4, 0.5) is 0 Å². The molecule has 2 aliphatic rings. The quantitative estimate of drug-likeness (QED) is 0.333. The van der Waals surface area contributed by atoms with Crippen molar-refractivity contribution in [2.45, 2.75) is 31.2 Å². The average Bonchev–Trinajstić information content (AvgIpc) is 3.14. The Morgan fingerprint density at radius 1 is 0.622 bits per heavy atom. The molecular weight excluding hydrogens is 452 g/mol. The highest BCUT2D eigenvalue weighted by atomic mass is 16.2. The molecule has 0 bridgehead atoms. The standard InChI is InChI=1S/C34H34N2O/c37-33(25-32(26-11-3-1-4-12-26)27-13-5-2-6-14-27)35-21-23-36(24-22-35)34-30-17-9-7-15-28(30)19-20-29-16-8-10-18-31(29)34/h1-18,32,34H,19-25H2. The largest absolute Gasteiger partial charge is 0.340 e. The van der Waals surface area contributed by atoms with E-state index in [2.05, 4.69) is 107 Å². The summed E-state index contributed by atoms with van der Waals surface area (Å²) >= 11 is 0. The summed E-state index contributed by atoms with van der Waals surface area (Å²) in [6.45, 7) is 3.33. The van der Waals surface area contributed by atoms with Gasteiger partial charge in [0.25, 0.3) is 0 Å². The molecule has 0 unspecified atom stereocenters. The number of hydrogen-bond donors (Lipinski definition) is 0. The van der Waals surface area contributed by atoms with Gasteiger partial charge in [-0.1, -0.05) is 109 Å². The minimum absolute atomic E-state index is 0.0774. The highest BCUT2D eigenvalue weighted by Gasteiger charge is 2.32. The number of benzene rings is 4. The smallest absolute Gasteiger partial charge is 0.223 e. The van der Waals surface area contributed by atoms with Gasteiger partial charge in [-0.3, -0.25) is 9.69 Å². The number of fused-ring (bicyclic) bond motifs is 2. The van der Waals surface area contributed by atoms with Crippen LogP contribution >= 0.6 is 0 Å². The van der Waals surface area contributed by atoms with Gasteiger partial charge in [0, 0.05) is 38.5 Å². The van der Waals surface area contributed by atoms with E-state index in [0.717, 1.165) is 39.0 Å². The molecule has 4 aromatic rings. The van der Waals surface area contributed by atoms with Gasteiger partial charge in [0.15, 0.2) is 0 Å². The van der Waals surface area contributed by atoms with E-state index in [1.165, 1.54) is 33.4 Å². The fourth-order valence-corrected chi connectivity index (χ4v) is 6.22. The van der Waals surface area contributed by atoms with E-state index in [0.29, 0.717) is 6.42 Å². The van der Waals surface area contributed by atoms with Crippen LogP contribution in [0.2, 0.25) is 0 Å². The summed E-state index contributed by atoms with van der Waals surface area (Å²) in [5.41, 5.74) is 8.17. The number of hydrogen-bond acceptors (Lipinski definition) is 2. The molecule has 6 rings (SSSR count). The van der Waals surface area contributed by atoms with E-state index >= 15 is 0 Å². The van der Waals surface area contributed by atoms with E-state index < -0.39 is 0 Å². The topological polar surface area (TPSA) is 23.6 Å². The van der Waals surface area contributed by atoms with E-state index in [1.54, 1.807) is 0 Å². The molecule has 3 nitrogen and oxygen atoms in total. The Morgan fingerprint density at radius 2 is 1.08 bits per heavy atom. The van der Waals surface area contributed by atoms with Gasteiger partial charge in [-0.25, -0.2) is 0 Å². The third-order valence-corrected chi connectivity index (χ3v) is 8.18. The van der Waals surface area contributed by atoms with Crippen LogP contribution < -0.4 is 0 Å². The molecule has 4 aromatic carbocycles. The van der Waals surface area contributed by atoms with Gasteiger partial charge in [0.05, 0.1) is 6.04 Å². The molecule has 0 saturated carbocycles. The molecule has 3 heteroatoms. The zero-order valence-electron chi connectivity index (χ0n) is 21.3. The highest BCUT2D eigenvalue weighted by Crippen LogP contribution is 2.37. The monoisotopic (exact) mass is 486 g/mol. The van der Waals surface area contributed by atoms with Crippen LogP contribution in [-0.4, -0.2) is 41.9 Å². The first-order chi connectivity index (χ1) is 18.3. The Hall–Kier alpha value is -3.69. The number of carbonyl (C=O) groups is 1. The van der Waals surface area contributed by atoms with E-state index in [9.17, 15) is 4.79 Å². The van der Waals surface area contributed by atoms with Gasteiger partial charge in [0.2, 0.25) is 5.91 Å². The van der Waals surface area contributed by atoms with Crippen molar-refractivity contribution in [1.29, 1.82) is 0 Å². The van der Waals surface area contributed by atoms with Crippen molar-refractivity contribution in [3.05, 3.63) is 143 Å². The number of piperazine rings is 1. The van der Waals surface area contributed by atoms with Crippen LogP contribution in [-0.2, 0) is 17.6 Å². The fraction of sp³-hybridized carbons (Fsp3) is 0.265. The first-order valence-electron chi connectivity index (χ1n) is 13.6. The molecule has 1 aliphatic heterocycles. The zero-order valence-corrected chi connectivity index (χ0v) is 21.3. The van der Waals surface area contributed by atoms with Crippen molar-refractivity contribution in [3.8, 4) is 0 Å². The van der Waals surface area contributed by atoms with Crippen LogP contribution in [0.1, 0.15) is 51.8 Å². The molecule has 1 saturated heterocycles. The summed E-state index contributed by atoms with van der Waals surface area (Å²) in [4.78, 5) is 18.3. The van der Waals surface area contributed by atoms with Crippen LogP contribution in [0.5, 0.6) is 0 Å². The van der Waals surface area contributed by atoms with Crippen LogP contribution in [0.15, 0.2) is 109 Å².